The molecule has 2 aromatic carbocycles. The van der Waals surface area contributed by atoms with Crippen LogP contribution in [0.3, 0.4) is 0 Å². The van der Waals surface area contributed by atoms with E-state index in [9.17, 15) is 17.6 Å². The van der Waals surface area contributed by atoms with E-state index in [0.717, 1.165) is 4.31 Å². The predicted molar refractivity (Wildman–Crippen MR) is 87.4 cm³/mol. The van der Waals surface area contributed by atoms with E-state index in [1.807, 2.05) is 0 Å². The molecule has 0 spiro atoms. The van der Waals surface area contributed by atoms with Gasteiger partial charge in [0.1, 0.15) is 5.82 Å². The number of nitrogens with one attached hydrogen (secondary N) is 1. The van der Waals surface area contributed by atoms with E-state index in [2.05, 4.69) is 5.32 Å². The van der Waals surface area contributed by atoms with E-state index >= 15 is 0 Å². The first kappa shape index (κ1) is 17.0. The van der Waals surface area contributed by atoms with Gasteiger partial charge in [0.05, 0.1) is 10.6 Å². The summed E-state index contributed by atoms with van der Waals surface area (Å²) in [6.07, 6.45) is 0. The fraction of sp³-hybridized carbons (Fsp3) is 0.188. The highest BCUT2D eigenvalue weighted by molar-refractivity contribution is 7.92. The third-order valence-corrected chi connectivity index (χ3v) is 5.06. The van der Waals surface area contributed by atoms with Crippen molar-refractivity contribution in [3.8, 4) is 0 Å². The van der Waals surface area contributed by atoms with Gasteiger partial charge >= 0.3 is 0 Å². The summed E-state index contributed by atoms with van der Waals surface area (Å²) in [7, 11) is -3.81. The van der Waals surface area contributed by atoms with Crippen molar-refractivity contribution < 1.29 is 17.6 Å². The summed E-state index contributed by atoms with van der Waals surface area (Å²) < 4.78 is 39.9. The van der Waals surface area contributed by atoms with Crippen LogP contribution >= 0.6 is 0 Å². The van der Waals surface area contributed by atoms with Crippen molar-refractivity contribution in [3.63, 3.8) is 0 Å². The standard InChI is InChI=1S/C16H17FN2O3S/c1-3-19(15-6-4-5-13(17)11-15)23(21,22)16-9-7-14(8-10-16)18-12(2)20/h4-11H,3H2,1-2H3,(H,18,20). The SMILES string of the molecule is CCN(c1cccc(F)c1)S(=O)(=O)c1ccc(NC(C)=O)cc1. The highest BCUT2D eigenvalue weighted by Gasteiger charge is 2.23. The summed E-state index contributed by atoms with van der Waals surface area (Å²) in [6, 6.07) is 11.3. The second kappa shape index (κ2) is 6.78. The largest absolute Gasteiger partial charge is 0.326 e. The van der Waals surface area contributed by atoms with E-state index in [1.54, 1.807) is 6.92 Å². The minimum absolute atomic E-state index is 0.0673. The first-order valence-electron chi connectivity index (χ1n) is 7.00. The number of nitrogens with zero attached hydrogens (tertiary/aromatic N) is 1. The fourth-order valence-corrected chi connectivity index (χ4v) is 3.63. The minimum Gasteiger partial charge on any atom is -0.326 e. The molecule has 0 saturated carbocycles. The quantitative estimate of drug-likeness (QED) is 0.913. The molecule has 0 aromatic heterocycles. The number of amides is 1. The first-order chi connectivity index (χ1) is 10.8. The van der Waals surface area contributed by atoms with Crippen LogP contribution in [0.5, 0.6) is 0 Å². The molecule has 0 aliphatic carbocycles. The second-order valence-corrected chi connectivity index (χ2v) is 6.72. The fourth-order valence-electron chi connectivity index (χ4n) is 2.16. The Hall–Kier alpha value is -2.41. The zero-order valence-electron chi connectivity index (χ0n) is 12.8. The second-order valence-electron chi connectivity index (χ2n) is 4.86. The van der Waals surface area contributed by atoms with Crippen LogP contribution in [0.4, 0.5) is 15.8 Å². The lowest BCUT2D eigenvalue weighted by Crippen LogP contribution is -2.30. The van der Waals surface area contributed by atoms with Gasteiger partial charge in [-0.15, -0.1) is 0 Å². The van der Waals surface area contributed by atoms with Gasteiger partial charge in [-0.1, -0.05) is 6.07 Å². The Morgan fingerprint density at radius 1 is 1.17 bits per heavy atom. The first-order valence-corrected chi connectivity index (χ1v) is 8.44. The van der Waals surface area contributed by atoms with Crippen LogP contribution < -0.4 is 9.62 Å². The number of sulfonamides is 1. The Kier molecular flexibility index (Phi) is 5.00. The van der Waals surface area contributed by atoms with Crippen molar-refractivity contribution >= 4 is 27.3 Å². The van der Waals surface area contributed by atoms with Crippen LogP contribution in [-0.4, -0.2) is 20.9 Å². The van der Waals surface area contributed by atoms with Crippen LogP contribution in [0, 0.1) is 5.82 Å². The Morgan fingerprint density at radius 3 is 2.35 bits per heavy atom. The van der Waals surface area contributed by atoms with E-state index < -0.39 is 15.8 Å². The van der Waals surface area contributed by atoms with E-state index in [0.29, 0.717) is 5.69 Å². The van der Waals surface area contributed by atoms with Gasteiger partial charge in [-0.05, 0) is 49.4 Å². The lowest BCUT2D eigenvalue weighted by atomic mass is 10.3. The smallest absolute Gasteiger partial charge is 0.264 e. The zero-order valence-corrected chi connectivity index (χ0v) is 13.6. The van der Waals surface area contributed by atoms with Gasteiger partial charge in [0.15, 0.2) is 0 Å². The lowest BCUT2D eigenvalue weighted by molar-refractivity contribution is -0.114. The molecular weight excluding hydrogens is 319 g/mol. The third kappa shape index (κ3) is 3.87. The average Bonchev–Trinajstić information content (AvgIpc) is 2.47. The van der Waals surface area contributed by atoms with E-state index in [4.69, 9.17) is 0 Å². The molecule has 1 N–H and O–H groups in total. The molecule has 0 saturated heterocycles. The number of anilines is 2. The maximum absolute atomic E-state index is 13.4. The Balaban J connectivity index is 2.37. The predicted octanol–water partition coefficient (Wildman–Crippen LogP) is 3.00. The third-order valence-electron chi connectivity index (χ3n) is 3.15. The molecule has 0 fully saturated rings. The number of carbonyl (C=O) groups is 1. The Labute approximate surface area is 134 Å². The van der Waals surface area contributed by atoms with Crippen molar-refractivity contribution in [2.45, 2.75) is 18.7 Å². The van der Waals surface area contributed by atoms with E-state index in [1.165, 1.54) is 55.5 Å². The van der Waals surface area contributed by atoms with Gasteiger partial charge in [0.2, 0.25) is 5.91 Å². The van der Waals surface area contributed by atoms with Gasteiger partial charge in [0, 0.05) is 19.2 Å². The number of hydrogen-bond acceptors (Lipinski definition) is 3. The molecule has 0 aliphatic heterocycles. The summed E-state index contributed by atoms with van der Waals surface area (Å²) in [5, 5.41) is 2.57. The number of carbonyl (C=O) groups excluding carboxylic acids is 1. The monoisotopic (exact) mass is 336 g/mol. The van der Waals surface area contributed by atoms with Gasteiger partial charge in [-0.25, -0.2) is 12.8 Å². The van der Waals surface area contributed by atoms with Gasteiger partial charge in [-0.3, -0.25) is 9.10 Å². The van der Waals surface area contributed by atoms with E-state index in [-0.39, 0.29) is 23.0 Å². The highest BCUT2D eigenvalue weighted by atomic mass is 32.2. The number of halogens is 1. The van der Waals surface area contributed by atoms with Crippen molar-refractivity contribution in [1.82, 2.24) is 0 Å². The topological polar surface area (TPSA) is 66.5 Å². The van der Waals surface area contributed by atoms with Gasteiger partial charge in [0.25, 0.3) is 10.0 Å². The summed E-state index contributed by atoms with van der Waals surface area (Å²) in [6.45, 7) is 3.21. The van der Waals surface area contributed by atoms with Crippen LogP contribution in [-0.2, 0) is 14.8 Å². The molecule has 122 valence electrons. The van der Waals surface area contributed by atoms with Gasteiger partial charge < -0.3 is 5.32 Å². The molecule has 2 rings (SSSR count). The van der Waals surface area contributed by atoms with Crippen molar-refractivity contribution in [2.75, 3.05) is 16.2 Å². The maximum atomic E-state index is 13.4. The molecular formula is C16H17FN2O3S. The molecule has 0 bridgehead atoms. The summed E-state index contributed by atoms with van der Waals surface area (Å²) in [4.78, 5) is 11.1. The molecule has 5 nitrogen and oxygen atoms in total. The normalized spacial score (nSPS) is 11.1. The molecule has 0 radical (unpaired) electrons. The van der Waals surface area contributed by atoms with Crippen LogP contribution in [0.2, 0.25) is 0 Å². The summed E-state index contributed by atoms with van der Waals surface area (Å²) in [5.74, 6) is -0.743. The zero-order chi connectivity index (χ0) is 17.0. The van der Waals surface area contributed by atoms with Crippen molar-refractivity contribution in [1.29, 1.82) is 0 Å². The minimum atomic E-state index is -3.81. The highest BCUT2D eigenvalue weighted by Crippen LogP contribution is 2.25. The molecule has 0 heterocycles. The molecule has 0 unspecified atom stereocenters. The Bertz CT molecular complexity index is 804. The number of hydrogen-bond donors (Lipinski definition) is 1. The molecule has 1 amide bonds. The summed E-state index contributed by atoms with van der Waals surface area (Å²) >= 11 is 0. The molecule has 0 atom stereocenters. The van der Waals surface area contributed by atoms with Crippen LogP contribution in [0.25, 0.3) is 0 Å². The number of rotatable bonds is 5. The van der Waals surface area contributed by atoms with Crippen LogP contribution in [0.15, 0.2) is 53.4 Å². The Morgan fingerprint density at radius 2 is 1.83 bits per heavy atom. The molecule has 2 aromatic rings. The van der Waals surface area contributed by atoms with Gasteiger partial charge in [-0.2, -0.15) is 0 Å². The summed E-state index contributed by atoms with van der Waals surface area (Å²) in [5.41, 5.74) is 0.767. The van der Waals surface area contributed by atoms with Crippen molar-refractivity contribution in [3.05, 3.63) is 54.3 Å². The lowest BCUT2D eigenvalue weighted by Gasteiger charge is -2.23. The number of benzene rings is 2. The maximum Gasteiger partial charge on any atom is 0.264 e. The average molecular weight is 336 g/mol. The molecule has 7 heteroatoms. The molecule has 23 heavy (non-hydrogen) atoms. The van der Waals surface area contributed by atoms with Crippen molar-refractivity contribution in [2.24, 2.45) is 0 Å². The van der Waals surface area contributed by atoms with Crippen LogP contribution in [0.1, 0.15) is 13.8 Å². The molecule has 0 aliphatic rings.